The fourth-order valence-corrected chi connectivity index (χ4v) is 2.68. The van der Waals surface area contributed by atoms with Gasteiger partial charge in [0.05, 0.1) is 11.8 Å². The monoisotopic (exact) mass is 372 g/mol. The predicted molar refractivity (Wildman–Crippen MR) is 75.1 cm³/mol. The van der Waals surface area contributed by atoms with Crippen molar-refractivity contribution in [3.05, 3.63) is 29.8 Å². The second-order valence-electron chi connectivity index (χ2n) is 3.12. The van der Waals surface area contributed by atoms with E-state index in [0.29, 0.717) is 16.9 Å². The Hall–Kier alpha value is -0.000000000000000111. The molecule has 1 atom stereocenters. The normalized spacial score (nSPS) is 12.2. The van der Waals surface area contributed by atoms with E-state index in [1.807, 2.05) is 24.3 Å². The zero-order chi connectivity index (χ0) is 12.0. The maximum Gasteiger partial charge on any atom is 0.229 e. The molecule has 0 aromatic heterocycles. The average molecular weight is 373 g/mol. The Labute approximate surface area is 118 Å². The molecule has 0 N–H and O–H groups in total. The second-order valence-corrected chi connectivity index (χ2v) is 4.75. The third-order valence-corrected chi connectivity index (χ3v) is 3.36. The first-order valence-corrected chi connectivity index (χ1v) is 7.17. The van der Waals surface area contributed by atoms with E-state index in [9.17, 15) is 4.79 Å². The number of benzene rings is 1. The van der Waals surface area contributed by atoms with Crippen LogP contribution in [0.15, 0.2) is 24.3 Å². The second kappa shape index (κ2) is 7.35. The molecule has 0 fully saturated rings. The van der Waals surface area contributed by atoms with E-state index in [1.54, 1.807) is 0 Å². The van der Waals surface area contributed by atoms with Crippen LogP contribution in [0.2, 0.25) is 0 Å². The fraction of sp³-hybridized carbons (Fsp3) is 0.364. The van der Waals surface area contributed by atoms with Gasteiger partial charge in [-0.2, -0.15) is 0 Å². The fourth-order valence-electron chi connectivity index (χ4n) is 1.23. The molecule has 0 saturated carbocycles. The van der Waals surface area contributed by atoms with Crippen molar-refractivity contribution in [3.8, 4) is 5.75 Å². The summed E-state index contributed by atoms with van der Waals surface area (Å²) in [7, 11) is 0. The van der Waals surface area contributed by atoms with E-state index < -0.39 is 0 Å². The number of hydrogen-bond donors (Lipinski definition) is 0. The molecule has 0 aliphatic carbocycles. The van der Waals surface area contributed by atoms with E-state index in [4.69, 9.17) is 27.9 Å². The van der Waals surface area contributed by atoms with E-state index >= 15 is 0 Å². The molecular formula is C11H11Cl2IO2. The third kappa shape index (κ3) is 4.11. The van der Waals surface area contributed by atoms with Gasteiger partial charge in [-0.1, -0.05) is 34.7 Å². The van der Waals surface area contributed by atoms with Gasteiger partial charge in [-0.15, -0.1) is 11.6 Å². The molecule has 0 aliphatic rings. The van der Waals surface area contributed by atoms with Crippen LogP contribution in [0.3, 0.4) is 0 Å². The summed E-state index contributed by atoms with van der Waals surface area (Å²) >= 11 is 13.2. The minimum Gasteiger partial charge on any atom is -0.492 e. The molecule has 0 aliphatic heterocycles. The van der Waals surface area contributed by atoms with Gasteiger partial charge in [-0.25, -0.2) is 0 Å². The molecule has 0 amide bonds. The molecule has 1 unspecified atom stereocenters. The summed E-state index contributed by atoms with van der Waals surface area (Å²) in [6.07, 6.45) is 0. The molecule has 16 heavy (non-hydrogen) atoms. The van der Waals surface area contributed by atoms with Crippen LogP contribution in [-0.4, -0.2) is 22.2 Å². The number of alkyl halides is 2. The molecule has 5 heteroatoms. The first-order valence-electron chi connectivity index (χ1n) is 4.73. The van der Waals surface area contributed by atoms with Crippen LogP contribution in [0, 0.1) is 0 Å². The van der Waals surface area contributed by atoms with Gasteiger partial charge in [0, 0.05) is 4.43 Å². The zero-order valence-corrected chi connectivity index (χ0v) is 12.1. The molecule has 0 saturated heterocycles. The van der Waals surface area contributed by atoms with Crippen molar-refractivity contribution in [2.75, 3.05) is 16.9 Å². The van der Waals surface area contributed by atoms with Gasteiger partial charge in [0.15, 0.2) is 0 Å². The SMILES string of the molecule is O=C(Cl)C(CI)c1ccc(OCCCl)cc1. The van der Waals surface area contributed by atoms with Crippen molar-refractivity contribution >= 4 is 51.0 Å². The summed E-state index contributed by atoms with van der Waals surface area (Å²) in [6.45, 7) is 0.477. The highest BCUT2D eigenvalue weighted by molar-refractivity contribution is 14.1. The lowest BCUT2D eigenvalue weighted by molar-refractivity contribution is -0.112. The Morgan fingerprint density at radius 3 is 2.44 bits per heavy atom. The average Bonchev–Trinajstić information content (AvgIpc) is 2.28. The molecule has 88 valence electrons. The van der Waals surface area contributed by atoms with Crippen molar-refractivity contribution in [1.29, 1.82) is 0 Å². The van der Waals surface area contributed by atoms with Crippen molar-refractivity contribution < 1.29 is 9.53 Å². The number of halogens is 3. The molecule has 1 rings (SSSR count). The standard InChI is InChI=1S/C11H11Cl2IO2/c12-5-6-16-9-3-1-8(2-4-9)10(7-14)11(13)15/h1-4,10H,5-7H2. The summed E-state index contributed by atoms with van der Waals surface area (Å²) in [4.78, 5) is 11.1. The summed E-state index contributed by atoms with van der Waals surface area (Å²) in [5.74, 6) is 0.959. The van der Waals surface area contributed by atoms with Crippen molar-refractivity contribution in [3.63, 3.8) is 0 Å². The van der Waals surface area contributed by atoms with Gasteiger partial charge in [0.2, 0.25) is 5.24 Å². The lowest BCUT2D eigenvalue weighted by Gasteiger charge is -2.10. The van der Waals surface area contributed by atoms with Crippen LogP contribution in [0.1, 0.15) is 11.5 Å². The van der Waals surface area contributed by atoms with Crippen LogP contribution in [0.5, 0.6) is 5.75 Å². The van der Waals surface area contributed by atoms with Crippen LogP contribution < -0.4 is 4.74 Å². The predicted octanol–water partition coefficient (Wildman–Crippen LogP) is 3.59. The lowest BCUT2D eigenvalue weighted by Crippen LogP contribution is -2.08. The largest absolute Gasteiger partial charge is 0.492 e. The lowest BCUT2D eigenvalue weighted by atomic mass is 10.0. The first kappa shape index (κ1) is 14.1. The Bertz CT molecular complexity index is 340. The molecule has 0 bridgehead atoms. The molecule has 2 nitrogen and oxygen atoms in total. The van der Waals surface area contributed by atoms with Crippen molar-refractivity contribution in [2.24, 2.45) is 0 Å². The zero-order valence-electron chi connectivity index (χ0n) is 8.46. The number of carbonyl (C=O) groups is 1. The van der Waals surface area contributed by atoms with Crippen LogP contribution in [0.4, 0.5) is 0 Å². The highest BCUT2D eigenvalue weighted by Gasteiger charge is 2.16. The minimum absolute atomic E-state index is 0.246. The van der Waals surface area contributed by atoms with Gasteiger partial charge in [-0.3, -0.25) is 4.79 Å². The maximum atomic E-state index is 11.1. The smallest absolute Gasteiger partial charge is 0.229 e. The van der Waals surface area contributed by atoms with Crippen LogP contribution >= 0.6 is 45.8 Å². The summed E-state index contributed by atoms with van der Waals surface area (Å²) in [6, 6.07) is 7.35. The minimum atomic E-state index is -0.330. The maximum absolute atomic E-state index is 11.1. The number of hydrogen-bond acceptors (Lipinski definition) is 2. The number of ether oxygens (including phenoxy) is 1. The van der Waals surface area contributed by atoms with Gasteiger partial charge < -0.3 is 4.74 Å². The van der Waals surface area contributed by atoms with Crippen molar-refractivity contribution in [1.82, 2.24) is 0 Å². The van der Waals surface area contributed by atoms with Crippen molar-refractivity contribution in [2.45, 2.75) is 5.92 Å². The van der Waals surface area contributed by atoms with E-state index in [2.05, 4.69) is 22.6 Å². The molecule has 0 heterocycles. The van der Waals surface area contributed by atoms with Crippen LogP contribution in [-0.2, 0) is 4.79 Å². The third-order valence-electron chi connectivity index (χ3n) is 2.06. The van der Waals surface area contributed by atoms with Gasteiger partial charge in [-0.05, 0) is 29.3 Å². The summed E-state index contributed by atoms with van der Waals surface area (Å²) in [5, 5.41) is -0.330. The van der Waals surface area contributed by atoms with Gasteiger partial charge in [0.25, 0.3) is 0 Å². The van der Waals surface area contributed by atoms with E-state index in [1.165, 1.54) is 0 Å². The highest BCUT2D eigenvalue weighted by atomic mass is 127. The summed E-state index contributed by atoms with van der Waals surface area (Å²) < 4.78 is 6.00. The van der Waals surface area contributed by atoms with Gasteiger partial charge >= 0.3 is 0 Å². The van der Waals surface area contributed by atoms with E-state index in [0.717, 1.165) is 11.3 Å². The molecule has 0 radical (unpaired) electrons. The van der Waals surface area contributed by atoms with Gasteiger partial charge in [0.1, 0.15) is 12.4 Å². The number of rotatable bonds is 6. The topological polar surface area (TPSA) is 26.3 Å². The molecule has 1 aromatic carbocycles. The first-order chi connectivity index (χ1) is 7.69. The summed E-state index contributed by atoms with van der Waals surface area (Å²) in [5.41, 5.74) is 0.910. The van der Waals surface area contributed by atoms with Crippen LogP contribution in [0.25, 0.3) is 0 Å². The Balaban J connectivity index is 2.73. The quantitative estimate of drug-likeness (QED) is 0.433. The highest BCUT2D eigenvalue weighted by Crippen LogP contribution is 2.23. The molecule has 1 aromatic rings. The van der Waals surface area contributed by atoms with E-state index in [-0.39, 0.29) is 11.2 Å². The number of carbonyl (C=O) groups excluding carboxylic acids is 1. The molecular weight excluding hydrogens is 362 g/mol. The Morgan fingerprint density at radius 2 is 2.00 bits per heavy atom. The Kier molecular flexibility index (Phi) is 6.46. The Morgan fingerprint density at radius 1 is 1.38 bits per heavy atom. The molecule has 0 spiro atoms.